The fourth-order valence-corrected chi connectivity index (χ4v) is 4.89. The molecule has 0 radical (unpaired) electrons. The monoisotopic (exact) mass is 388 g/mol. The van der Waals surface area contributed by atoms with Gasteiger partial charge >= 0.3 is 0 Å². The van der Waals surface area contributed by atoms with E-state index in [4.69, 9.17) is 0 Å². The molecular formula is C24H28N4O. The molecule has 3 heterocycles. The van der Waals surface area contributed by atoms with E-state index in [1.54, 1.807) is 0 Å². The highest BCUT2D eigenvalue weighted by Gasteiger charge is 2.36. The SMILES string of the molecule is Cc1ccc2c(c1)ncn2Cc1ccc(C(=O)C2CCCN2C2CCNC2)cc1. The van der Waals surface area contributed by atoms with Crippen molar-refractivity contribution in [2.45, 2.75) is 44.8 Å². The summed E-state index contributed by atoms with van der Waals surface area (Å²) >= 11 is 0. The summed E-state index contributed by atoms with van der Waals surface area (Å²) in [6, 6.07) is 15.1. The lowest BCUT2D eigenvalue weighted by Gasteiger charge is -2.29. The number of aryl methyl sites for hydroxylation is 1. The van der Waals surface area contributed by atoms with Gasteiger partial charge in [-0.05, 0) is 62.5 Å². The van der Waals surface area contributed by atoms with Gasteiger partial charge in [-0.2, -0.15) is 0 Å². The topological polar surface area (TPSA) is 50.2 Å². The van der Waals surface area contributed by atoms with Gasteiger partial charge in [-0.3, -0.25) is 9.69 Å². The second kappa shape index (κ2) is 7.73. The number of aromatic nitrogens is 2. The molecule has 2 atom stereocenters. The third-order valence-corrected chi connectivity index (χ3v) is 6.47. The first-order chi connectivity index (χ1) is 14.2. The van der Waals surface area contributed by atoms with Gasteiger partial charge in [0.05, 0.1) is 23.4 Å². The normalized spacial score (nSPS) is 22.5. The van der Waals surface area contributed by atoms with Gasteiger partial charge in [-0.1, -0.05) is 30.3 Å². The van der Waals surface area contributed by atoms with Crippen LogP contribution < -0.4 is 5.32 Å². The van der Waals surface area contributed by atoms with Crippen LogP contribution in [0.15, 0.2) is 48.8 Å². The molecule has 2 unspecified atom stereocenters. The first-order valence-electron chi connectivity index (χ1n) is 10.7. The summed E-state index contributed by atoms with van der Waals surface area (Å²) < 4.78 is 2.16. The molecule has 2 aromatic carbocycles. The van der Waals surface area contributed by atoms with E-state index in [2.05, 4.69) is 57.0 Å². The van der Waals surface area contributed by atoms with E-state index in [1.165, 1.54) is 11.1 Å². The number of ketones is 1. The number of rotatable bonds is 5. The average molecular weight is 389 g/mol. The maximum Gasteiger partial charge on any atom is 0.179 e. The van der Waals surface area contributed by atoms with Gasteiger partial charge in [0.15, 0.2) is 5.78 Å². The highest BCUT2D eigenvalue weighted by Crippen LogP contribution is 2.26. The third-order valence-electron chi connectivity index (χ3n) is 6.47. The average Bonchev–Trinajstić information content (AvgIpc) is 3.48. The Hall–Kier alpha value is -2.50. The van der Waals surface area contributed by atoms with Crippen LogP contribution in [0.25, 0.3) is 11.0 Å². The standard InChI is InChI=1S/C24H28N4O/c1-17-4-9-22-21(13-17)26-16-27(22)15-18-5-7-19(8-6-18)24(29)23-3-2-12-28(23)20-10-11-25-14-20/h4-9,13,16,20,23,25H,2-3,10-12,14-15H2,1H3. The minimum Gasteiger partial charge on any atom is -0.326 e. The molecule has 2 fully saturated rings. The van der Waals surface area contributed by atoms with Gasteiger partial charge in [-0.25, -0.2) is 4.98 Å². The van der Waals surface area contributed by atoms with Crippen LogP contribution in [0.1, 0.15) is 40.7 Å². The third kappa shape index (κ3) is 3.61. The van der Waals surface area contributed by atoms with Crippen LogP contribution in [0.3, 0.4) is 0 Å². The van der Waals surface area contributed by atoms with E-state index in [0.717, 1.165) is 62.0 Å². The fraction of sp³-hybridized carbons (Fsp3) is 0.417. The van der Waals surface area contributed by atoms with Crippen molar-refractivity contribution in [3.63, 3.8) is 0 Å². The smallest absolute Gasteiger partial charge is 0.179 e. The molecule has 0 saturated carbocycles. The van der Waals surface area contributed by atoms with Gasteiger partial charge in [0, 0.05) is 24.7 Å². The number of likely N-dealkylation sites (tertiary alicyclic amines) is 1. The minimum atomic E-state index is 0.0478. The molecule has 29 heavy (non-hydrogen) atoms. The van der Waals surface area contributed by atoms with Crippen molar-refractivity contribution in [3.8, 4) is 0 Å². The number of nitrogens with zero attached hydrogens (tertiary/aromatic N) is 3. The van der Waals surface area contributed by atoms with E-state index in [1.807, 2.05) is 18.5 Å². The summed E-state index contributed by atoms with van der Waals surface area (Å²) in [5, 5.41) is 3.43. The number of carbonyl (C=O) groups is 1. The number of hydrogen-bond acceptors (Lipinski definition) is 4. The lowest BCUT2D eigenvalue weighted by molar-refractivity contribution is 0.0826. The summed E-state index contributed by atoms with van der Waals surface area (Å²) in [6.07, 6.45) is 5.16. The Kier molecular flexibility index (Phi) is 4.94. The molecule has 5 rings (SSSR count). The molecule has 5 nitrogen and oxygen atoms in total. The molecule has 1 N–H and O–H groups in total. The number of carbonyl (C=O) groups excluding carboxylic acids is 1. The molecule has 0 aliphatic carbocycles. The van der Waals surface area contributed by atoms with Crippen molar-refractivity contribution in [1.82, 2.24) is 19.8 Å². The zero-order valence-corrected chi connectivity index (χ0v) is 17.0. The molecule has 0 bridgehead atoms. The Morgan fingerprint density at radius 3 is 2.83 bits per heavy atom. The van der Waals surface area contributed by atoms with Crippen LogP contribution in [0.5, 0.6) is 0 Å². The number of fused-ring (bicyclic) bond motifs is 1. The molecule has 3 aromatic rings. The van der Waals surface area contributed by atoms with Gasteiger partial charge in [0.1, 0.15) is 0 Å². The largest absolute Gasteiger partial charge is 0.326 e. The van der Waals surface area contributed by atoms with Crippen molar-refractivity contribution in [1.29, 1.82) is 0 Å². The number of Topliss-reactive ketones (excluding diaryl/α,β-unsaturated/α-hetero) is 1. The summed E-state index contributed by atoms with van der Waals surface area (Å²) in [4.78, 5) is 20.1. The lowest BCUT2D eigenvalue weighted by atomic mass is 10.00. The van der Waals surface area contributed by atoms with Crippen LogP contribution in [0, 0.1) is 6.92 Å². The van der Waals surface area contributed by atoms with Crippen molar-refractivity contribution >= 4 is 16.8 Å². The fourth-order valence-electron chi connectivity index (χ4n) is 4.89. The molecule has 5 heteroatoms. The van der Waals surface area contributed by atoms with Gasteiger partial charge in [0.25, 0.3) is 0 Å². The summed E-state index contributed by atoms with van der Waals surface area (Å²) in [5.74, 6) is 0.282. The summed E-state index contributed by atoms with van der Waals surface area (Å²) in [7, 11) is 0. The van der Waals surface area contributed by atoms with Gasteiger partial charge in [0.2, 0.25) is 0 Å². The van der Waals surface area contributed by atoms with E-state index in [-0.39, 0.29) is 11.8 Å². The first kappa shape index (κ1) is 18.5. The van der Waals surface area contributed by atoms with Crippen LogP contribution in [0.2, 0.25) is 0 Å². The second-order valence-corrected chi connectivity index (χ2v) is 8.47. The molecule has 1 aromatic heterocycles. The van der Waals surface area contributed by atoms with Crippen LogP contribution in [-0.2, 0) is 6.54 Å². The van der Waals surface area contributed by atoms with E-state index < -0.39 is 0 Å². The van der Waals surface area contributed by atoms with E-state index in [9.17, 15) is 4.79 Å². The molecule has 2 aliphatic rings. The highest BCUT2D eigenvalue weighted by atomic mass is 16.1. The van der Waals surface area contributed by atoms with Crippen LogP contribution >= 0.6 is 0 Å². The molecular weight excluding hydrogens is 360 g/mol. The molecule has 0 amide bonds. The van der Waals surface area contributed by atoms with Crippen LogP contribution in [-0.4, -0.2) is 52.0 Å². The van der Waals surface area contributed by atoms with Crippen molar-refractivity contribution in [2.75, 3.05) is 19.6 Å². The quantitative estimate of drug-likeness (QED) is 0.681. The number of nitrogens with one attached hydrogen (secondary N) is 1. The molecule has 2 aliphatic heterocycles. The van der Waals surface area contributed by atoms with Crippen molar-refractivity contribution in [2.24, 2.45) is 0 Å². The van der Waals surface area contributed by atoms with Crippen molar-refractivity contribution < 1.29 is 4.79 Å². The van der Waals surface area contributed by atoms with E-state index >= 15 is 0 Å². The number of benzene rings is 2. The molecule has 150 valence electrons. The Morgan fingerprint density at radius 2 is 2.03 bits per heavy atom. The highest BCUT2D eigenvalue weighted by molar-refractivity contribution is 6.00. The zero-order valence-electron chi connectivity index (χ0n) is 17.0. The Balaban J connectivity index is 1.31. The first-order valence-corrected chi connectivity index (χ1v) is 10.7. The minimum absolute atomic E-state index is 0.0478. The van der Waals surface area contributed by atoms with Gasteiger partial charge < -0.3 is 9.88 Å². The predicted molar refractivity (Wildman–Crippen MR) is 115 cm³/mol. The Bertz CT molecular complexity index is 1020. The molecule has 2 saturated heterocycles. The predicted octanol–water partition coefficient (Wildman–Crippen LogP) is 3.40. The Labute approximate surface area is 171 Å². The maximum absolute atomic E-state index is 13.2. The maximum atomic E-state index is 13.2. The zero-order chi connectivity index (χ0) is 19.8. The molecule has 0 spiro atoms. The van der Waals surface area contributed by atoms with Crippen LogP contribution in [0.4, 0.5) is 0 Å². The van der Waals surface area contributed by atoms with Gasteiger partial charge in [-0.15, -0.1) is 0 Å². The summed E-state index contributed by atoms with van der Waals surface area (Å²) in [6.45, 7) is 5.98. The number of hydrogen-bond donors (Lipinski definition) is 1. The Morgan fingerprint density at radius 1 is 1.17 bits per heavy atom. The van der Waals surface area contributed by atoms with E-state index in [0.29, 0.717) is 6.04 Å². The second-order valence-electron chi connectivity index (χ2n) is 8.47. The summed E-state index contributed by atoms with van der Waals surface area (Å²) in [5.41, 5.74) is 5.41. The number of imidazole rings is 1. The van der Waals surface area contributed by atoms with Crippen molar-refractivity contribution in [3.05, 3.63) is 65.5 Å². The lowest BCUT2D eigenvalue weighted by Crippen LogP contribution is -2.44.